The van der Waals surface area contributed by atoms with E-state index in [1.165, 1.54) is 12.1 Å². The smallest absolute Gasteiger partial charge is 0.254 e. The summed E-state index contributed by atoms with van der Waals surface area (Å²) in [5.41, 5.74) is 0.105. The molecule has 1 aromatic rings. The summed E-state index contributed by atoms with van der Waals surface area (Å²) in [6, 6.07) is 6.02. The Hall–Kier alpha value is -1.17. The van der Waals surface area contributed by atoms with E-state index in [4.69, 9.17) is 4.74 Å². The Bertz CT molecular complexity index is 425. The van der Waals surface area contributed by atoms with Crippen LogP contribution in [0.2, 0.25) is 0 Å². The summed E-state index contributed by atoms with van der Waals surface area (Å²) in [5, 5.41) is 2.74. The minimum absolute atomic E-state index is 0. The third kappa shape index (κ3) is 5.07. The molecule has 0 aliphatic carbocycles. The van der Waals surface area contributed by atoms with Crippen LogP contribution in [0.4, 0.5) is 4.39 Å². The van der Waals surface area contributed by atoms with Gasteiger partial charge in [0, 0.05) is 19.6 Å². The van der Waals surface area contributed by atoms with Gasteiger partial charge in [-0.3, -0.25) is 9.69 Å². The molecule has 0 spiro atoms. The number of hydrogen-bond acceptors (Lipinski definition) is 3. The molecule has 1 fully saturated rings. The lowest BCUT2D eigenvalue weighted by Gasteiger charge is -2.26. The standard InChI is InChI=1S/C14H19FN2O2.ClH/c15-13-5-2-1-4-12(13)14(18)16-6-3-7-17-8-10-19-11-9-17;/h1-2,4-5H,3,6-11H2,(H,16,18);1H. The van der Waals surface area contributed by atoms with Crippen molar-refractivity contribution in [1.82, 2.24) is 10.2 Å². The molecule has 0 unspecified atom stereocenters. The molecule has 20 heavy (non-hydrogen) atoms. The Kier molecular flexibility index (Phi) is 7.51. The molecule has 0 bridgehead atoms. The van der Waals surface area contributed by atoms with Crippen LogP contribution in [-0.2, 0) is 4.74 Å². The Labute approximate surface area is 124 Å². The van der Waals surface area contributed by atoms with Gasteiger partial charge in [0.15, 0.2) is 0 Å². The van der Waals surface area contributed by atoms with E-state index >= 15 is 0 Å². The van der Waals surface area contributed by atoms with Crippen LogP contribution in [-0.4, -0.2) is 50.2 Å². The molecular formula is C14H20ClFN2O2. The van der Waals surface area contributed by atoms with Gasteiger partial charge in [0.05, 0.1) is 18.8 Å². The zero-order chi connectivity index (χ0) is 13.5. The number of nitrogens with one attached hydrogen (secondary N) is 1. The number of halogens is 2. The quantitative estimate of drug-likeness (QED) is 0.842. The van der Waals surface area contributed by atoms with E-state index in [9.17, 15) is 9.18 Å². The van der Waals surface area contributed by atoms with Gasteiger partial charge in [-0.15, -0.1) is 12.4 Å². The van der Waals surface area contributed by atoms with Gasteiger partial charge >= 0.3 is 0 Å². The minimum Gasteiger partial charge on any atom is -0.379 e. The number of carbonyl (C=O) groups excluding carboxylic acids is 1. The fourth-order valence-corrected chi connectivity index (χ4v) is 2.07. The van der Waals surface area contributed by atoms with Crippen molar-refractivity contribution in [2.75, 3.05) is 39.4 Å². The monoisotopic (exact) mass is 302 g/mol. The molecule has 1 heterocycles. The van der Waals surface area contributed by atoms with E-state index < -0.39 is 5.82 Å². The highest BCUT2D eigenvalue weighted by Crippen LogP contribution is 2.05. The van der Waals surface area contributed by atoms with Crippen LogP contribution in [0.15, 0.2) is 24.3 Å². The van der Waals surface area contributed by atoms with Gasteiger partial charge in [0.2, 0.25) is 0 Å². The molecule has 112 valence electrons. The maximum absolute atomic E-state index is 13.4. The predicted molar refractivity (Wildman–Crippen MR) is 77.9 cm³/mol. The predicted octanol–water partition coefficient (Wildman–Crippen LogP) is 1.70. The SMILES string of the molecule is Cl.O=C(NCCCN1CCOCC1)c1ccccc1F. The number of morpholine rings is 1. The van der Waals surface area contributed by atoms with Crippen molar-refractivity contribution < 1.29 is 13.9 Å². The molecule has 1 aliphatic heterocycles. The average Bonchev–Trinajstić information content (AvgIpc) is 2.45. The van der Waals surface area contributed by atoms with Gasteiger partial charge in [-0.2, -0.15) is 0 Å². The minimum atomic E-state index is -0.479. The summed E-state index contributed by atoms with van der Waals surface area (Å²) in [5.74, 6) is -0.826. The molecule has 2 rings (SSSR count). The molecule has 0 saturated carbocycles. The Morgan fingerprint density at radius 1 is 1.30 bits per heavy atom. The van der Waals surface area contributed by atoms with Gasteiger partial charge in [-0.1, -0.05) is 12.1 Å². The highest BCUT2D eigenvalue weighted by molar-refractivity contribution is 5.94. The molecule has 6 heteroatoms. The van der Waals surface area contributed by atoms with Crippen molar-refractivity contribution in [1.29, 1.82) is 0 Å². The van der Waals surface area contributed by atoms with Gasteiger partial charge in [-0.05, 0) is 25.1 Å². The number of ether oxygens (including phenoxy) is 1. The number of benzene rings is 1. The number of carbonyl (C=O) groups is 1. The van der Waals surface area contributed by atoms with Gasteiger partial charge in [0.1, 0.15) is 5.82 Å². The van der Waals surface area contributed by atoms with Crippen LogP contribution in [0.25, 0.3) is 0 Å². The number of nitrogens with zero attached hydrogens (tertiary/aromatic N) is 1. The van der Waals surface area contributed by atoms with E-state index in [2.05, 4.69) is 10.2 Å². The fourth-order valence-electron chi connectivity index (χ4n) is 2.07. The van der Waals surface area contributed by atoms with Crippen molar-refractivity contribution in [2.24, 2.45) is 0 Å². The number of amides is 1. The second kappa shape index (κ2) is 8.89. The van der Waals surface area contributed by atoms with Crippen LogP contribution < -0.4 is 5.32 Å². The Morgan fingerprint density at radius 3 is 2.70 bits per heavy atom. The second-order valence-electron chi connectivity index (χ2n) is 4.54. The van der Waals surface area contributed by atoms with Crippen molar-refractivity contribution >= 4 is 18.3 Å². The van der Waals surface area contributed by atoms with E-state index in [1.54, 1.807) is 12.1 Å². The maximum atomic E-state index is 13.4. The third-order valence-electron chi connectivity index (χ3n) is 3.16. The fraction of sp³-hybridized carbons (Fsp3) is 0.500. The molecule has 1 amide bonds. The number of hydrogen-bond donors (Lipinski definition) is 1. The first-order chi connectivity index (χ1) is 9.27. The summed E-state index contributed by atoms with van der Waals surface area (Å²) >= 11 is 0. The number of rotatable bonds is 5. The van der Waals surface area contributed by atoms with Gasteiger partial charge < -0.3 is 10.1 Å². The highest BCUT2D eigenvalue weighted by Gasteiger charge is 2.11. The third-order valence-corrected chi connectivity index (χ3v) is 3.16. The second-order valence-corrected chi connectivity index (χ2v) is 4.54. The summed E-state index contributed by atoms with van der Waals surface area (Å²) in [4.78, 5) is 14.0. The summed E-state index contributed by atoms with van der Waals surface area (Å²) in [6.45, 7) is 4.94. The normalized spacial score (nSPS) is 15.4. The Morgan fingerprint density at radius 2 is 2.00 bits per heavy atom. The van der Waals surface area contributed by atoms with E-state index in [-0.39, 0.29) is 23.9 Å². The topological polar surface area (TPSA) is 41.6 Å². The molecular weight excluding hydrogens is 283 g/mol. The molecule has 1 aromatic carbocycles. The van der Waals surface area contributed by atoms with E-state index in [1.807, 2.05) is 0 Å². The first-order valence-electron chi connectivity index (χ1n) is 6.60. The highest BCUT2D eigenvalue weighted by atomic mass is 35.5. The molecule has 0 radical (unpaired) electrons. The summed E-state index contributed by atoms with van der Waals surface area (Å²) < 4.78 is 18.6. The van der Waals surface area contributed by atoms with Crippen molar-refractivity contribution in [2.45, 2.75) is 6.42 Å². The van der Waals surface area contributed by atoms with Crippen molar-refractivity contribution in [3.8, 4) is 0 Å². The zero-order valence-corrected chi connectivity index (χ0v) is 12.1. The lowest BCUT2D eigenvalue weighted by atomic mass is 10.2. The van der Waals surface area contributed by atoms with Gasteiger partial charge in [0.25, 0.3) is 5.91 Å². The van der Waals surface area contributed by atoms with Gasteiger partial charge in [-0.25, -0.2) is 4.39 Å². The molecule has 1 aliphatic rings. The first-order valence-corrected chi connectivity index (χ1v) is 6.60. The summed E-state index contributed by atoms with van der Waals surface area (Å²) in [7, 11) is 0. The maximum Gasteiger partial charge on any atom is 0.254 e. The lowest BCUT2D eigenvalue weighted by Crippen LogP contribution is -2.38. The average molecular weight is 303 g/mol. The van der Waals surface area contributed by atoms with Crippen molar-refractivity contribution in [3.05, 3.63) is 35.6 Å². The molecule has 0 aromatic heterocycles. The lowest BCUT2D eigenvalue weighted by molar-refractivity contribution is 0.0374. The van der Waals surface area contributed by atoms with Crippen LogP contribution in [0, 0.1) is 5.82 Å². The van der Waals surface area contributed by atoms with E-state index in [0.717, 1.165) is 39.3 Å². The molecule has 1 saturated heterocycles. The zero-order valence-electron chi connectivity index (χ0n) is 11.3. The molecule has 4 nitrogen and oxygen atoms in total. The summed E-state index contributed by atoms with van der Waals surface area (Å²) in [6.07, 6.45) is 0.861. The Balaban J connectivity index is 0.00000200. The van der Waals surface area contributed by atoms with Crippen LogP contribution in [0.1, 0.15) is 16.8 Å². The van der Waals surface area contributed by atoms with Crippen LogP contribution >= 0.6 is 12.4 Å². The molecule has 0 atom stereocenters. The van der Waals surface area contributed by atoms with Crippen LogP contribution in [0.5, 0.6) is 0 Å². The van der Waals surface area contributed by atoms with Crippen molar-refractivity contribution in [3.63, 3.8) is 0 Å². The largest absolute Gasteiger partial charge is 0.379 e. The first kappa shape index (κ1) is 16.9. The van der Waals surface area contributed by atoms with Crippen LogP contribution in [0.3, 0.4) is 0 Å². The van der Waals surface area contributed by atoms with E-state index in [0.29, 0.717) is 6.54 Å². The molecule has 1 N–H and O–H groups in total.